The second kappa shape index (κ2) is 6.37. The van der Waals surface area contributed by atoms with E-state index in [1.807, 2.05) is 24.3 Å². The number of rotatable bonds is 5. The predicted molar refractivity (Wildman–Crippen MR) is 77.3 cm³/mol. The number of nitrogens with zero attached hydrogens (tertiary/aromatic N) is 1. The van der Waals surface area contributed by atoms with Gasteiger partial charge in [0.15, 0.2) is 0 Å². The van der Waals surface area contributed by atoms with Crippen LogP contribution >= 0.6 is 11.3 Å². The molecule has 1 N–H and O–H groups in total. The van der Waals surface area contributed by atoms with Crippen molar-refractivity contribution in [2.45, 2.75) is 19.5 Å². The van der Waals surface area contributed by atoms with Crippen molar-refractivity contribution in [1.82, 2.24) is 5.32 Å². The third kappa shape index (κ3) is 3.57. The van der Waals surface area contributed by atoms with Crippen molar-refractivity contribution in [1.29, 1.82) is 5.26 Å². The number of nitrogens with one attached hydrogen (secondary N) is 1. The van der Waals surface area contributed by atoms with Crippen LogP contribution < -0.4 is 10.1 Å². The molecule has 98 valence electrons. The Morgan fingerprint density at radius 2 is 2.00 bits per heavy atom. The van der Waals surface area contributed by atoms with Crippen LogP contribution in [0.4, 0.5) is 0 Å². The van der Waals surface area contributed by atoms with Gasteiger partial charge in [0.25, 0.3) is 0 Å². The Morgan fingerprint density at radius 1 is 1.26 bits per heavy atom. The standard InChI is InChI=1S/C15H16N2OS/c1-11(12-3-5-13(18-2)6-4-12)17-10-15-8-7-14(9-16)19-15/h3-8,11,17H,10H2,1-2H3. The molecule has 0 radical (unpaired) electrons. The molecule has 1 atom stereocenters. The monoisotopic (exact) mass is 272 g/mol. The first-order valence-electron chi connectivity index (χ1n) is 6.09. The largest absolute Gasteiger partial charge is 0.497 e. The van der Waals surface area contributed by atoms with Crippen LogP contribution in [0.1, 0.15) is 28.3 Å². The van der Waals surface area contributed by atoms with Gasteiger partial charge in [0.2, 0.25) is 0 Å². The molecule has 2 aromatic rings. The molecule has 0 aliphatic heterocycles. The SMILES string of the molecule is COc1ccc(C(C)NCc2ccc(C#N)s2)cc1. The molecule has 0 aliphatic carbocycles. The molecule has 0 saturated carbocycles. The summed E-state index contributed by atoms with van der Waals surface area (Å²) in [5, 5.41) is 12.2. The lowest BCUT2D eigenvalue weighted by molar-refractivity contribution is 0.414. The molecule has 0 spiro atoms. The minimum atomic E-state index is 0.263. The van der Waals surface area contributed by atoms with E-state index in [0.717, 1.165) is 17.2 Å². The lowest BCUT2D eigenvalue weighted by Gasteiger charge is -2.14. The lowest BCUT2D eigenvalue weighted by atomic mass is 10.1. The Labute approximate surface area is 117 Å². The van der Waals surface area contributed by atoms with Gasteiger partial charge < -0.3 is 10.1 Å². The number of methoxy groups -OCH3 is 1. The van der Waals surface area contributed by atoms with Gasteiger partial charge in [-0.15, -0.1) is 11.3 Å². The number of hydrogen-bond acceptors (Lipinski definition) is 4. The Bertz CT molecular complexity index is 569. The molecule has 0 fully saturated rings. The van der Waals surface area contributed by atoms with E-state index in [0.29, 0.717) is 0 Å². The van der Waals surface area contributed by atoms with Gasteiger partial charge in [0.1, 0.15) is 16.7 Å². The molecule has 1 aromatic heterocycles. The molecule has 1 unspecified atom stereocenters. The Hall–Kier alpha value is -1.83. The molecule has 19 heavy (non-hydrogen) atoms. The van der Waals surface area contributed by atoms with Gasteiger partial charge in [-0.3, -0.25) is 0 Å². The Balaban J connectivity index is 1.93. The van der Waals surface area contributed by atoms with Crippen molar-refractivity contribution in [2.24, 2.45) is 0 Å². The van der Waals surface area contributed by atoms with Crippen LogP contribution in [-0.2, 0) is 6.54 Å². The number of thiophene rings is 1. The fraction of sp³-hybridized carbons (Fsp3) is 0.267. The molecule has 0 bridgehead atoms. The second-order valence-electron chi connectivity index (χ2n) is 4.25. The highest BCUT2D eigenvalue weighted by atomic mass is 32.1. The molecule has 0 aliphatic rings. The van der Waals surface area contributed by atoms with Crippen molar-refractivity contribution in [3.8, 4) is 11.8 Å². The fourth-order valence-electron chi connectivity index (χ4n) is 1.80. The molecule has 2 rings (SSSR count). The van der Waals surface area contributed by atoms with Gasteiger partial charge >= 0.3 is 0 Å². The molecule has 4 heteroatoms. The second-order valence-corrected chi connectivity index (χ2v) is 5.42. The molecule has 1 heterocycles. The van der Waals surface area contributed by atoms with E-state index in [1.165, 1.54) is 21.8 Å². The zero-order valence-corrected chi connectivity index (χ0v) is 11.8. The highest BCUT2D eigenvalue weighted by molar-refractivity contribution is 7.12. The van der Waals surface area contributed by atoms with E-state index in [-0.39, 0.29) is 6.04 Å². The van der Waals surface area contributed by atoms with Gasteiger partial charge in [-0.2, -0.15) is 5.26 Å². The average molecular weight is 272 g/mol. The minimum Gasteiger partial charge on any atom is -0.497 e. The summed E-state index contributed by atoms with van der Waals surface area (Å²) in [7, 11) is 1.67. The first-order chi connectivity index (χ1) is 9.22. The molecule has 0 saturated heterocycles. The molecular weight excluding hydrogens is 256 g/mol. The quantitative estimate of drug-likeness (QED) is 0.906. The maximum Gasteiger partial charge on any atom is 0.118 e. The van der Waals surface area contributed by atoms with Crippen LogP contribution in [0.2, 0.25) is 0 Å². The number of nitriles is 1. The highest BCUT2D eigenvalue weighted by Gasteiger charge is 2.06. The Kier molecular flexibility index (Phi) is 4.56. The van der Waals surface area contributed by atoms with Crippen molar-refractivity contribution in [3.63, 3.8) is 0 Å². The summed E-state index contributed by atoms with van der Waals surface area (Å²) in [4.78, 5) is 1.94. The maximum absolute atomic E-state index is 8.78. The van der Waals surface area contributed by atoms with E-state index in [2.05, 4.69) is 30.4 Å². The molecular formula is C15H16N2OS. The summed E-state index contributed by atoms with van der Waals surface area (Å²) >= 11 is 1.53. The summed E-state index contributed by atoms with van der Waals surface area (Å²) in [6.07, 6.45) is 0. The minimum absolute atomic E-state index is 0.263. The van der Waals surface area contributed by atoms with Gasteiger partial charge in [-0.1, -0.05) is 12.1 Å². The summed E-state index contributed by atoms with van der Waals surface area (Å²) in [5.74, 6) is 0.868. The summed E-state index contributed by atoms with van der Waals surface area (Å²) in [6.45, 7) is 2.90. The van der Waals surface area contributed by atoms with E-state index in [4.69, 9.17) is 10.00 Å². The van der Waals surface area contributed by atoms with Crippen LogP contribution in [0.15, 0.2) is 36.4 Å². The molecule has 3 nitrogen and oxygen atoms in total. The van der Waals surface area contributed by atoms with E-state index in [1.54, 1.807) is 7.11 Å². The molecule has 1 aromatic carbocycles. The first-order valence-corrected chi connectivity index (χ1v) is 6.90. The van der Waals surface area contributed by atoms with Crippen LogP contribution in [0.5, 0.6) is 5.75 Å². The average Bonchev–Trinajstić information content (AvgIpc) is 2.93. The van der Waals surface area contributed by atoms with Gasteiger partial charge in [0, 0.05) is 17.5 Å². The topological polar surface area (TPSA) is 45.0 Å². The first kappa shape index (κ1) is 13.6. The van der Waals surface area contributed by atoms with Crippen LogP contribution in [0.25, 0.3) is 0 Å². The number of benzene rings is 1. The normalized spacial score (nSPS) is 11.8. The van der Waals surface area contributed by atoms with E-state index in [9.17, 15) is 0 Å². The molecule has 0 amide bonds. The maximum atomic E-state index is 8.78. The van der Waals surface area contributed by atoms with Crippen molar-refractivity contribution in [3.05, 3.63) is 51.7 Å². The van der Waals surface area contributed by atoms with Gasteiger partial charge in [-0.25, -0.2) is 0 Å². The van der Waals surface area contributed by atoms with Gasteiger partial charge in [-0.05, 0) is 36.8 Å². The predicted octanol–water partition coefficient (Wildman–Crippen LogP) is 3.48. The summed E-state index contributed by atoms with van der Waals surface area (Å²) < 4.78 is 5.14. The summed E-state index contributed by atoms with van der Waals surface area (Å²) in [6, 6.07) is 14.3. The van der Waals surface area contributed by atoms with Crippen molar-refractivity contribution >= 4 is 11.3 Å². The van der Waals surface area contributed by atoms with E-state index >= 15 is 0 Å². The van der Waals surface area contributed by atoms with Crippen molar-refractivity contribution in [2.75, 3.05) is 7.11 Å². The lowest BCUT2D eigenvalue weighted by Crippen LogP contribution is -2.17. The zero-order chi connectivity index (χ0) is 13.7. The summed E-state index contributed by atoms with van der Waals surface area (Å²) in [5.41, 5.74) is 1.22. The third-order valence-electron chi connectivity index (χ3n) is 2.97. The zero-order valence-electron chi connectivity index (χ0n) is 11.0. The third-order valence-corrected chi connectivity index (χ3v) is 3.96. The van der Waals surface area contributed by atoms with Crippen LogP contribution in [0.3, 0.4) is 0 Å². The smallest absolute Gasteiger partial charge is 0.118 e. The van der Waals surface area contributed by atoms with E-state index < -0.39 is 0 Å². The number of ether oxygens (including phenoxy) is 1. The Morgan fingerprint density at radius 3 is 2.58 bits per heavy atom. The number of hydrogen-bond donors (Lipinski definition) is 1. The van der Waals surface area contributed by atoms with Gasteiger partial charge in [0.05, 0.1) is 7.11 Å². The fourth-order valence-corrected chi connectivity index (χ4v) is 2.55. The highest BCUT2D eigenvalue weighted by Crippen LogP contribution is 2.19. The van der Waals surface area contributed by atoms with Crippen LogP contribution in [-0.4, -0.2) is 7.11 Å². The van der Waals surface area contributed by atoms with Crippen LogP contribution in [0, 0.1) is 11.3 Å². The van der Waals surface area contributed by atoms with Crippen molar-refractivity contribution < 1.29 is 4.74 Å².